The average Bonchev–Trinajstić information content (AvgIpc) is 2.75. The van der Waals surface area contributed by atoms with Crippen LogP contribution in [0.5, 0.6) is 0 Å². The minimum Gasteiger partial charge on any atom is -0.465 e. The molecule has 7 nitrogen and oxygen atoms in total. The Hall–Kier alpha value is -2.49. The summed E-state index contributed by atoms with van der Waals surface area (Å²) in [6, 6.07) is 9.57. The van der Waals surface area contributed by atoms with Crippen molar-refractivity contribution in [3.05, 3.63) is 58.9 Å². The molecular formula is C20H20ClFN2O5S. The molecule has 0 aliphatic carbocycles. The van der Waals surface area contributed by atoms with Crippen molar-refractivity contribution in [3.8, 4) is 0 Å². The molecule has 3 rings (SSSR count). The second-order valence-corrected chi connectivity index (χ2v) is 9.16. The normalized spacial score (nSPS) is 15.6. The Morgan fingerprint density at radius 3 is 2.33 bits per heavy atom. The summed E-state index contributed by atoms with van der Waals surface area (Å²) in [5, 5.41) is 2.52. The predicted octanol–water partition coefficient (Wildman–Crippen LogP) is 3.31. The van der Waals surface area contributed by atoms with Crippen molar-refractivity contribution >= 4 is 39.2 Å². The number of nitrogens with zero attached hydrogens (tertiary/aromatic N) is 1. The smallest absolute Gasteiger partial charge is 0.337 e. The molecular weight excluding hydrogens is 435 g/mol. The number of carbonyl (C=O) groups is 2. The minimum absolute atomic E-state index is 0.0810. The van der Waals surface area contributed by atoms with E-state index < -0.39 is 21.8 Å². The first kappa shape index (κ1) is 22.2. The molecule has 0 saturated carbocycles. The van der Waals surface area contributed by atoms with Gasteiger partial charge in [-0.15, -0.1) is 0 Å². The van der Waals surface area contributed by atoms with Crippen molar-refractivity contribution in [2.45, 2.75) is 17.7 Å². The number of ether oxygens (including phenoxy) is 1. The SMILES string of the molecule is COC(=O)c1ccc(NC(=O)C2CCN(S(=O)(=O)c3ccc(F)c(Cl)c3)CC2)cc1. The number of anilines is 1. The van der Waals surface area contributed by atoms with Gasteiger partial charge in [0, 0.05) is 24.7 Å². The van der Waals surface area contributed by atoms with E-state index in [1.165, 1.54) is 17.5 Å². The quantitative estimate of drug-likeness (QED) is 0.700. The van der Waals surface area contributed by atoms with Crippen molar-refractivity contribution in [2.75, 3.05) is 25.5 Å². The number of amides is 1. The summed E-state index contributed by atoms with van der Waals surface area (Å²) in [6.45, 7) is 0.327. The summed E-state index contributed by atoms with van der Waals surface area (Å²) in [7, 11) is -2.53. The molecule has 0 spiro atoms. The Kier molecular flexibility index (Phi) is 6.74. The van der Waals surface area contributed by atoms with Crippen LogP contribution in [0.2, 0.25) is 5.02 Å². The van der Waals surface area contributed by atoms with E-state index in [-0.39, 0.29) is 34.8 Å². The maximum absolute atomic E-state index is 13.3. The molecule has 1 saturated heterocycles. The van der Waals surface area contributed by atoms with E-state index in [1.54, 1.807) is 24.3 Å². The van der Waals surface area contributed by atoms with Crippen LogP contribution in [-0.2, 0) is 19.6 Å². The van der Waals surface area contributed by atoms with Gasteiger partial charge in [-0.2, -0.15) is 4.31 Å². The molecule has 10 heteroatoms. The molecule has 2 aromatic carbocycles. The maximum atomic E-state index is 13.3. The van der Waals surface area contributed by atoms with Crippen LogP contribution >= 0.6 is 11.6 Å². The molecule has 1 amide bonds. The molecule has 1 heterocycles. The molecule has 1 aliphatic rings. The second-order valence-electron chi connectivity index (χ2n) is 6.81. The van der Waals surface area contributed by atoms with Gasteiger partial charge in [0.1, 0.15) is 5.82 Å². The summed E-state index contributed by atoms with van der Waals surface area (Å²) < 4.78 is 44.7. The molecule has 160 valence electrons. The molecule has 1 fully saturated rings. The highest BCUT2D eigenvalue weighted by atomic mass is 35.5. The predicted molar refractivity (Wildman–Crippen MR) is 109 cm³/mol. The molecule has 0 aromatic heterocycles. The van der Waals surface area contributed by atoms with Crippen LogP contribution in [0, 0.1) is 11.7 Å². The molecule has 0 bridgehead atoms. The van der Waals surface area contributed by atoms with E-state index in [9.17, 15) is 22.4 Å². The number of methoxy groups -OCH3 is 1. The van der Waals surface area contributed by atoms with Gasteiger partial charge in [-0.05, 0) is 55.3 Å². The van der Waals surface area contributed by atoms with Crippen molar-refractivity contribution in [1.29, 1.82) is 0 Å². The van der Waals surface area contributed by atoms with Gasteiger partial charge in [-0.3, -0.25) is 4.79 Å². The number of rotatable bonds is 5. The highest BCUT2D eigenvalue weighted by Gasteiger charge is 2.32. The molecule has 1 aliphatic heterocycles. The summed E-state index contributed by atoms with van der Waals surface area (Å²) in [5.74, 6) is -1.73. The number of piperidine rings is 1. The number of hydrogen-bond donors (Lipinski definition) is 1. The molecule has 0 radical (unpaired) electrons. The van der Waals surface area contributed by atoms with E-state index >= 15 is 0 Å². The van der Waals surface area contributed by atoms with Gasteiger partial charge in [0.2, 0.25) is 15.9 Å². The van der Waals surface area contributed by atoms with Crippen LogP contribution in [-0.4, -0.2) is 44.8 Å². The third-order valence-electron chi connectivity index (χ3n) is 4.93. The highest BCUT2D eigenvalue weighted by molar-refractivity contribution is 7.89. The van der Waals surface area contributed by atoms with E-state index in [4.69, 9.17) is 11.6 Å². The standard InChI is InChI=1S/C20H20ClFN2O5S/c1-29-20(26)14-2-4-15(5-3-14)23-19(25)13-8-10-24(11-9-13)30(27,28)16-6-7-18(22)17(21)12-16/h2-7,12-13H,8-11H2,1H3,(H,23,25). The Labute approximate surface area is 178 Å². The maximum Gasteiger partial charge on any atom is 0.337 e. The number of halogens is 2. The highest BCUT2D eigenvalue weighted by Crippen LogP contribution is 2.27. The third kappa shape index (κ3) is 4.80. The van der Waals surface area contributed by atoms with E-state index in [2.05, 4.69) is 10.1 Å². The van der Waals surface area contributed by atoms with Gasteiger partial charge >= 0.3 is 5.97 Å². The zero-order valence-corrected chi connectivity index (χ0v) is 17.7. The Balaban J connectivity index is 1.60. The van der Waals surface area contributed by atoms with Gasteiger partial charge in [0.25, 0.3) is 0 Å². The van der Waals surface area contributed by atoms with Gasteiger partial charge in [0.15, 0.2) is 0 Å². The Bertz CT molecular complexity index is 1050. The zero-order chi connectivity index (χ0) is 21.9. The van der Waals surface area contributed by atoms with E-state index in [0.29, 0.717) is 24.1 Å². The lowest BCUT2D eigenvalue weighted by molar-refractivity contribution is -0.120. The molecule has 0 atom stereocenters. The lowest BCUT2D eigenvalue weighted by Crippen LogP contribution is -2.41. The molecule has 2 aromatic rings. The van der Waals surface area contributed by atoms with Crippen molar-refractivity contribution in [3.63, 3.8) is 0 Å². The Morgan fingerprint density at radius 2 is 1.77 bits per heavy atom. The van der Waals surface area contributed by atoms with Crippen LogP contribution in [0.4, 0.5) is 10.1 Å². The van der Waals surface area contributed by atoms with Crippen LogP contribution in [0.3, 0.4) is 0 Å². The number of nitrogens with one attached hydrogen (secondary N) is 1. The van der Waals surface area contributed by atoms with Gasteiger partial charge in [0.05, 0.1) is 22.6 Å². The average molecular weight is 455 g/mol. The van der Waals surface area contributed by atoms with Crippen molar-refractivity contribution in [2.24, 2.45) is 5.92 Å². The third-order valence-corrected chi connectivity index (χ3v) is 7.11. The monoisotopic (exact) mass is 454 g/mol. The van der Waals surface area contributed by atoms with E-state index in [1.807, 2.05) is 0 Å². The van der Waals surface area contributed by atoms with Gasteiger partial charge in [-0.25, -0.2) is 17.6 Å². The fourth-order valence-corrected chi connectivity index (χ4v) is 4.94. The number of sulfonamides is 1. The fourth-order valence-electron chi connectivity index (χ4n) is 3.20. The number of hydrogen-bond acceptors (Lipinski definition) is 5. The summed E-state index contributed by atoms with van der Waals surface area (Å²) in [5.41, 5.74) is 0.901. The summed E-state index contributed by atoms with van der Waals surface area (Å²) >= 11 is 5.70. The van der Waals surface area contributed by atoms with Crippen LogP contribution in [0.1, 0.15) is 23.2 Å². The topological polar surface area (TPSA) is 92.8 Å². The largest absolute Gasteiger partial charge is 0.465 e. The molecule has 1 N–H and O–H groups in total. The Morgan fingerprint density at radius 1 is 1.13 bits per heavy atom. The first-order valence-electron chi connectivity index (χ1n) is 9.17. The lowest BCUT2D eigenvalue weighted by Gasteiger charge is -2.30. The summed E-state index contributed by atoms with van der Waals surface area (Å²) in [4.78, 5) is 23.9. The van der Waals surface area contributed by atoms with Crippen molar-refractivity contribution in [1.82, 2.24) is 4.31 Å². The number of esters is 1. The zero-order valence-electron chi connectivity index (χ0n) is 16.1. The first-order valence-corrected chi connectivity index (χ1v) is 11.0. The minimum atomic E-state index is -3.82. The lowest BCUT2D eigenvalue weighted by atomic mass is 9.97. The second kappa shape index (κ2) is 9.11. The number of carbonyl (C=O) groups excluding carboxylic acids is 2. The van der Waals surface area contributed by atoms with E-state index in [0.717, 1.165) is 12.1 Å². The van der Waals surface area contributed by atoms with Crippen LogP contribution < -0.4 is 5.32 Å². The van der Waals surface area contributed by atoms with Gasteiger partial charge in [-0.1, -0.05) is 11.6 Å². The fraction of sp³-hybridized carbons (Fsp3) is 0.300. The molecule has 0 unspecified atom stereocenters. The van der Waals surface area contributed by atoms with Gasteiger partial charge < -0.3 is 10.1 Å². The van der Waals surface area contributed by atoms with Crippen molar-refractivity contribution < 1.29 is 27.1 Å². The first-order chi connectivity index (χ1) is 14.2. The van der Waals surface area contributed by atoms with Crippen LogP contribution in [0.15, 0.2) is 47.4 Å². The summed E-state index contributed by atoms with van der Waals surface area (Å²) in [6.07, 6.45) is 0.695. The van der Waals surface area contributed by atoms with Crippen LogP contribution in [0.25, 0.3) is 0 Å². The molecule has 30 heavy (non-hydrogen) atoms. The number of benzene rings is 2.